The average molecular weight is 567 g/mol. The third kappa shape index (κ3) is 6.03. The van der Waals surface area contributed by atoms with Crippen molar-refractivity contribution in [3.8, 4) is 11.5 Å². The lowest BCUT2D eigenvalue weighted by Crippen LogP contribution is -2.17. The third-order valence-corrected chi connectivity index (χ3v) is 5.91. The fourth-order valence-corrected chi connectivity index (χ4v) is 3.59. The summed E-state index contributed by atoms with van der Waals surface area (Å²) >= 11 is 3.38. The standard InChI is InChI=1S/C20H22IN7O3S/c1-12(13-4-9-16(30-2)17(10-13)31-3)24-25-19-26-27-20(28(19)22)32-11-18(29)23-15-7-5-14(21)6-8-15/h4-10H,11,22H2,1-3H3,(H,23,29)(H,25,26)/b24-12+. The number of aromatic nitrogens is 3. The van der Waals surface area contributed by atoms with Gasteiger partial charge < -0.3 is 20.6 Å². The van der Waals surface area contributed by atoms with Gasteiger partial charge in [-0.1, -0.05) is 11.8 Å². The number of nitrogens with two attached hydrogens (primary N) is 1. The minimum absolute atomic E-state index is 0.134. The topological polar surface area (TPSA) is 129 Å². The average Bonchev–Trinajstić information content (AvgIpc) is 3.16. The Morgan fingerprint density at radius 1 is 1.16 bits per heavy atom. The van der Waals surface area contributed by atoms with Crippen molar-refractivity contribution in [3.05, 3.63) is 51.6 Å². The molecule has 0 saturated heterocycles. The smallest absolute Gasteiger partial charge is 0.264 e. The molecule has 0 atom stereocenters. The van der Waals surface area contributed by atoms with Crippen LogP contribution >= 0.6 is 34.4 Å². The Morgan fingerprint density at radius 2 is 1.88 bits per heavy atom. The lowest BCUT2D eigenvalue weighted by atomic mass is 10.1. The van der Waals surface area contributed by atoms with E-state index in [9.17, 15) is 4.79 Å². The summed E-state index contributed by atoms with van der Waals surface area (Å²) in [4.78, 5) is 12.2. The normalized spacial score (nSPS) is 11.2. The summed E-state index contributed by atoms with van der Waals surface area (Å²) in [7, 11) is 3.15. The first-order valence-corrected chi connectivity index (χ1v) is 11.4. The molecule has 1 aromatic heterocycles. The molecule has 168 valence electrons. The van der Waals surface area contributed by atoms with Gasteiger partial charge in [-0.05, 0) is 72.0 Å². The minimum Gasteiger partial charge on any atom is -0.493 e. The van der Waals surface area contributed by atoms with Crippen LogP contribution in [0.3, 0.4) is 0 Å². The quantitative estimate of drug-likeness (QED) is 0.118. The molecular formula is C20H22IN7O3S. The van der Waals surface area contributed by atoms with E-state index in [1.54, 1.807) is 20.3 Å². The second-order valence-corrected chi connectivity index (χ2v) is 8.59. The van der Waals surface area contributed by atoms with Crippen molar-refractivity contribution < 1.29 is 14.3 Å². The van der Waals surface area contributed by atoms with E-state index in [0.29, 0.717) is 22.4 Å². The van der Waals surface area contributed by atoms with Gasteiger partial charge in [0, 0.05) is 14.8 Å². The van der Waals surface area contributed by atoms with E-state index in [0.717, 1.165) is 14.8 Å². The van der Waals surface area contributed by atoms with Crippen molar-refractivity contribution in [2.24, 2.45) is 5.10 Å². The van der Waals surface area contributed by atoms with Gasteiger partial charge in [0.05, 0.1) is 25.7 Å². The van der Waals surface area contributed by atoms with Gasteiger partial charge in [-0.15, -0.1) is 10.2 Å². The van der Waals surface area contributed by atoms with Crippen molar-refractivity contribution >= 4 is 57.6 Å². The molecule has 0 spiro atoms. The summed E-state index contributed by atoms with van der Waals surface area (Å²) in [5.74, 6) is 7.47. The fourth-order valence-electron chi connectivity index (χ4n) is 2.57. The number of ether oxygens (including phenoxy) is 2. The Morgan fingerprint density at radius 3 is 2.56 bits per heavy atom. The second-order valence-electron chi connectivity index (χ2n) is 6.40. The number of hydrogen-bond acceptors (Lipinski definition) is 9. The van der Waals surface area contributed by atoms with Crippen molar-refractivity contribution in [3.63, 3.8) is 0 Å². The van der Waals surface area contributed by atoms with Gasteiger partial charge in [0.25, 0.3) is 5.95 Å². The molecule has 2 aromatic carbocycles. The molecule has 0 aliphatic rings. The molecule has 0 aliphatic carbocycles. The van der Waals surface area contributed by atoms with Crippen molar-refractivity contribution in [1.82, 2.24) is 14.9 Å². The van der Waals surface area contributed by atoms with Crippen LogP contribution in [0.25, 0.3) is 0 Å². The van der Waals surface area contributed by atoms with Crippen LogP contribution < -0.4 is 26.1 Å². The second kappa shape index (κ2) is 11.0. The maximum absolute atomic E-state index is 12.2. The van der Waals surface area contributed by atoms with Crippen LogP contribution in [0, 0.1) is 3.57 Å². The summed E-state index contributed by atoms with van der Waals surface area (Å²) in [5.41, 5.74) is 5.04. The van der Waals surface area contributed by atoms with Gasteiger partial charge in [0.1, 0.15) is 0 Å². The number of methoxy groups -OCH3 is 2. The van der Waals surface area contributed by atoms with Crippen molar-refractivity contribution in [1.29, 1.82) is 0 Å². The number of hydrogen-bond donors (Lipinski definition) is 3. The number of anilines is 2. The molecule has 0 fully saturated rings. The molecule has 3 aromatic rings. The zero-order valence-corrected chi connectivity index (χ0v) is 20.6. The lowest BCUT2D eigenvalue weighted by Gasteiger charge is -2.09. The fraction of sp³-hybridized carbons (Fsp3) is 0.200. The van der Waals surface area contributed by atoms with E-state index >= 15 is 0 Å². The van der Waals surface area contributed by atoms with Gasteiger partial charge in [0.15, 0.2) is 11.5 Å². The molecule has 32 heavy (non-hydrogen) atoms. The zero-order chi connectivity index (χ0) is 23.1. The Hall–Kier alpha value is -3.00. The van der Waals surface area contributed by atoms with E-state index in [-0.39, 0.29) is 17.6 Å². The Bertz CT molecular complexity index is 1120. The van der Waals surface area contributed by atoms with E-state index in [1.807, 2.05) is 43.3 Å². The molecule has 0 aliphatic heterocycles. The van der Waals surface area contributed by atoms with Crippen LogP contribution in [-0.4, -0.2) is 46.5 Å². The summed E-state index contributed by atoms with van der Waals surface area (Å²) < 4.78 is 12.9. The highest BCUT2D eigenvalue weighted by Crippen LogP contribution is 2.27. The monoisotopic (exact) mass is 567 g/mol. The van der Waals surface area contributed by atoms with Crippen LogP contribution in [0.2, 0.25) is 0 Å². The number of rotatable bonds is 9. The Kier molecular flexibility index (Phi) is 8.16. The number of carbonyl (C=O) groups excluding carboxylic acids is 1. The Balaban J connectivity index is 1.59. The molecule has 4 N–H and O–H groups in total. The van der Waals surface area contributed by atoms with E-state index in [4.69, 9.17) is 15.3 Å². The number of carbonyl (C=O) groups is 1. The van der Waals surface area contributed by atoms with Crippen LogP contribution in [0.4, 0.5) is 11.6 Å². The molecule has 1 heterocycles. The number of amides is 1. The number of thioether (sulfide) groups is 1. The van der Waals surface area contributed by atoms with E-state index < -0.39 is 0 Å². The summed E-state index contributed by atoms with van der Waals surface area (Å²) in [6, 6.07) is 13.0. The van der Waals surface area contributed by atoms with Gasteiger partial charge in [-0.3, -0.25) is 4.79 Å². The molecule has 0 saturated carbocycles. The molecule has 10 nitrogen and oxygen atoms in total. The Labute approximate surface area is 203 Å². The van der Waals surface area contributed by atoms with Gasteiger partial charge >= 0.3 is 0 Å². The lowest BCUT2D eigenvalue weighted by molar-refractivity contribution is -0.113. The molecule has 1 amide bonds. The number of halogens is 1. The third-order valence-electron chi connectivity index (χ3n) is 4.25. The van der Waals surface area contributed by atoms with Crippen LogP contribution in [0.15, 0.2) is 52.7 Å². The first kappa shape index (κ1) is 23.7. The molecule has 0 unspecified atom stereocenters. The van der Waals surface area contributed by atoms with Gasteiger partial charge in [0.2, 0.25) is 11.1 Å². The van der Waals surface area contributed by atoms with E-state index in [1.165, 1.54) is 16.4 Å². The van der Waals surface area contributed by atoms with Crippen molar-refractivity contribution in [2.45, 2.75) is 12.1 Å². The maximum Gasteiger partial charge on any atom is 0.264 e. The number of nitrogens with one attached hydrogen (secondary N) is 2. The highest BCUT2D eigenvalue weighted by molar-refractivity contribution is 14.1. The number of nitrogens with zero attached hydrogens (tertiary/aromatic N) is 4. The molecule has 3 rings (SSSR count). The van der Waals surface area contributed by atoms with Crippen LogP contribution in [-0.2, 0) is 4.79 Å². The first-order chi connectivity index (χ1) is 15.4. The number of nitrogen functional groups attached to an aromatic ring is 1. The zero-order valence-electron chi connectivity index (χ0n) is 17.6. The minimum atomic E-state index is -0.170. The van der Waals surface area contributed by atoms with Gasteiger partial charge in [-0.2, -0.15) is 5.10 Å². The molecule has 0 bridgehead atoms. The first-order valence-electron chi connectivity index (χ1n) is 9.32. The van der Waals surface area contributed by atoms with Gasteiger partial charge in [-0.25, -0.2) is 10.1 Å². The molecule has 0 radical (unpaired) electrons. The summed E-state index contributed by atoms with van der Waals surface area (Å²) in [6.07, 6.45) is 0. The predicted molar refractivity (Wildman–Crippen MR) is 134 cm³/mol. The highest BCUT2D eigenvalue weighted by atomic mass is 127. The SMILES string of the molecule is COc1ccc(/C(C)=N/Nc2nnc(SCC(=O)Nc3ccc(I)cc3)n2N)cc1OC. The molecular weight excluding hydrogens is 545 g/mol. The largest absolute Gasteiger partial charge is 0.493 e. The summed E-state index contributed by atoms with van der Waals surface area (Å²) in [6.45, 7) is 1.83. The highest BCUT2D eigenvalue weighted by Gasteiger charge is 2.13. The summed E-state index contributed by atoms with van der Waals surface area (Å²) in [5, 5.41) is 15.5. The molecule has 12 heteroatoms. The maximum atomic E-state index is 12.2. The number of hydrazone groups is 1. The predicted octanol–water partition coefficient (Wildman–Crippen LogP) is 3.18. The van der Waals surface area contributed by atoms with Crippen molar-refractivity contribution in [2.75, 3.05) is 36.6 Å². The van der Waals surface area contributed by atoms with Crippen LogP contribution in [0.5, 0.6) is 11.5 Å². The van der Waals surface area contributed by atoms with Crippen LogP contribution in [0.1, 0.15) is 12.5 Å². The number of benzene rings is 2. The van der Waals surface area contributed by atoms with E-state index in [2.05, 4.69) is 48.6 Å².